The Morgan fingerprint density at radius 3 is 2.59 bits per heavy atom. The Morgan fingerprint density at radius 1 is 1.11 bits per heavy atom. The summed E-state index contributed by atoms with van der Waals surface area (Å²) in [6.07, 6.45) is 1.44. The first-order chi connectivity index (χ1) is 13.2. The van der Waals surface area contributed by atoms with Crippen molar-refractivity contribution < 1.29 is 9.53 Å². The summed E-state index contributed by atoms with van der Waals surface area (Å²) < 4.78 is 5.48. The van der Waals surface area contributed by atoms with Gasteiger partial charge in [0.1, 0.15) is 6.61 Å². The highest BCUT2D eigenvalue weighted by Gasteiger charge is 2.37. The van der Waals surface area contributed by atoms with E-state index < -0.39 is 0 Å². The van der Waals surface area contributed by atoms with Gasteiger partial charge >= 0.3 is 6.09 Å². The van der Waals surface area contributed by atoms with Gasteiger partial charge in [-0.15, -0.1) is 0 Å². The summed E-state index contributed by atoms with van der Waals surface area (Å²) in [5.41, 5.74) is 4.22. The van der Waals surface area contributed by atoms with Gasteiger partial charge in [-0.1, -0.05) is 48.5 Å². The standard InChI is InChI=1S/C22H25N3O2/c1-17-19-9-5-6-10-20(19)23-16-22(24-17)11-13-25(14-12-22)21(26)27-15-18-7-3-2-4-8-18/h2-10,23H,11-16H2,1H3. The Kier molecular flexibility index (Phi) is 4.84. The summed E-state index contributed by atoms with van der Waals surface area (Å²) in [6, 6.07) is 18.1. The number of aliphatic imine (C=N–C) groups is 1. The van der Waals surface area contributed by atoms with Gasteiger partial charge in [0.25, 0.3) is 0 Å². The summed E-state index contributed by atoms with van der Waals surface area (Å²) in [5.74, 6) is 0. The molecule has 1 saturated heterocycles. The molecule has 27 heavy (non-hydrogen) atoms. The van der Waals surface area contributed by atoms with Gasteiger partial charge in [0.05, 0.1) is 5.54 Å². The molecule has 1 fully saturated rings. The summed E-state index contributed by atoms with van der Waals surface area (Å²) in [7, 11) is 0. The Morgan fingerprint density at radius 2 is 1.81 bits per heavy atom. The van der Waals surface area contributed by atoms with Crippen LogP contribution >= 0.6 is 0 Å². The topological polar surface area (TPSA) is 53.9 Å². The number of likely N-dealkylation sites (tertiary alicyclic amines) is 1. The Labute approximate surface area is 160 Å². The number of carbonyl (C=O) groups is 1. The quantitative estimate of drug-likeness (QED) is 0.874. The Balaban J connectivity index is 1.37. The normalized spacial score (nSPS) is 18.1. The highest BCUT2D eigenvalue weighted by atomic mass is 16.6. The van der Waals surface area contributed by atoms with Crippen molar-refractivity contribution in [3.05, 3.63) is 65.7 Å². The molecule has 2 aliphatic heterocycles. The van der Waals surface area contributed by atoms with Crippen molar-refractivity contribution in [3.63, 3.8) is 0 Å². The van der Waals surface area contributed by atoms with Gasteiger partial charge < -0.3 is 15.0 Å². The van der Waals surface area contributed by atoms with E-state index in [4.69, 9.17) is 9.73 Å². The van der Waals surface area contributed by atoms with Gasteiger partial charge in [-0.25, -0.2) is 4.79 Å². The molecule has 2 heterocycles. The second-order valence-corrected chi connectivity index (χ2v) is 7.35. The predicted octanol–water partition coefficient (Wildman–Crippen LogP) is 4.09. The number of para-hydroxylation sites is 1. The van der Waals surface area contributed by atoms with Crippen molar-refractivity contribution in [3.8, 4) is 0 Å². The molecule has 4 rings (SSSR count). The predicted molar refractivity (Wildman–Crippen MR) is 107 cm³/mol. The van der Waals surface area contributed by atoms with E-state index in [0.717, 1.165) is 36.3 Å². The number of nitrogens with zero attached hydrogens (tertiary/aromatic N) is 2. The van der Waals surface area contributed by atoms with Crippen molar-refractivity contribution in [1.29, 1.82) is 0 Å². The monoisotopic (exact) mass is 363 g/mol. The molecule has 0 bridgehead atoms. The van der Waals surface area contributed by atoms with E-state index in [9.17, 15) is 4.79 Å². The van der Waals surface area contributed by atoms with Crippen LogP contribution in [0.3, 0.4) is 0 Å². The third-order valence-electron chi connectivity index (χ3n) is 5.49. The lowest BCUT2D eigenvalue weighted by Gasteiger charge is -2.38. The second-order valence-electron chi connectivity index (χ2n) is 7.35. The van der Waals surface area contributed by atoms with Crippen molar-refractivity contribution >= 4 is 17.5 Å². The van der Waals surface area contributed by atoms with E-state index >= 15 is 0 Å². The van der Waals surface area contributed by atoms with E-state index in [0.29, 0.717) is 19.7 Å². The molecule has 140 valence electrons. The molecule has 0 saturated carbocycles. The zero-order valence-electron chi connectivity index (χ0n) is 15.6. The number of hydrogen-bond acceptors (Lipinski definition) is 4. The van der Waals surface area contributed by atoms with Gasteiger partial charge in [0.2, 0.25) is 0 Å². The number of piperidine rings is 1. The fourth-order valence-corrected chi connectivity index (χ4v) is 3.87. The molecule has 1 amide bonds. The van der Waals surface area contributed by atoms with Crippen LogP contribution in [0.2, 0.25) is 0 Å². The van der Waals surface area contributed by atoms with Crippen LogP contribution in [0.4, 0.5) is 10.5 Å². The van der Waals surface area contributed by atoms with Crippen molar-refractivity contribution in [2.75, 3.05) is 25.0 Å². The number of rotatable bonds is 2. The second kappa shape index (κ2) is 7.43. The summed E-state index contributed by atoms with van der Waals surface area (Å²) in [4.78, 5) is 19.3. The third-order valence-corrected chi connectivity index (χ3v) is 5.49. The molecule has 2 aromatic rings. The molecule has 5 heteroatoms. The lowest BCUT2D eigenvalue weighted by Crippen LogP contribution is -2.49. The van der Waals surface area contributed by atoms with Crippen LogP contribution in [0.1, 0.15) is 30.9 Å². The van der Waals surface area contributed by atoms with Gasteiger partial charge in [-0.2, -0.15) is 0 Å². The lowest BCUT2D eigenvalue weighted by atomic mass is 9.88. The fourth-order valence-electron chi connectivity index (χ4n) is 3.87. The van der Waals surface area contributed by atoms with Crippen molar-refractivity contribution in [1.82, 2.24) is 4.90 Å². The average molecular weight is 363 g/mol. The van der Waals surface area contributed by atoms with Crippen LogP contribution in [0.15, 0.2) is 59.6 Å². The molecular weight excluding hydrogens is 338 g/mol. The smallest absolute Gasteiger partial charge is 0.410 e. The molecule has 1 N–H and O–H groups in total. The summed E-state index contributed by atoms with van der Waals surface area (Å²) in [6.45, 7) is 4.53. The number of anilines is 1. The van der Waals surface area contributed by atoms with Crippen LogP contribution < -0.4 is 5.32 Å². The first-order valence-electron chi connectivity index (χ1n) is 9.51. The van der Waals surface area contributed by atoms with E-state index in [2.05, 4.69) is 24.4 Å². The minimum atomic E-state index is -0.237. The molecule has 0 atom stereocenters. The molecular formula is C22H25N3O2. The van der Waals surface area contributed by atoms with Crippen molar-refractivity contribution in [2.24, 2.45) is 4.99 Å². The number of benzene rings is 2. The van der Waals surface area contributed by atoms with E-state index in [1.54, 1.807) is 4.90 Å². The highest BCUT2D eigenvalue weighted by molar-refractivity contribution is 6.04. The maximum Gasteiger partial charge on any atom is 0.410 e. The molecule has 1 spiro atoms. The molecule has 2 aromatic carbocycles. The zero-order valence-corrected chi connectivity index (χ0v) is 15.6. The minimum absolute atomic E-state index is 0.153. The van der Waals surface area contributed by atoms with E-state index in [1.807, 2.05) is 42.5 Å². The summed E-state index contributed by atoms with van der Waals surface area (Å²) >= 11 is 0. The number of amides is 1. The highest BCUT2D eigenvalue weighted by Crippen LogP contribution is 2.32. The van der Waals surface area contributed by atoms with Crippen LogP contribution in [-0.4, -0.2) is 41.9 Å². The third kappa shape index (κ3) is 3.82. The van der Waals surface area contributed by atoms with Gasteiger partial charge in [-0.3, -0.25) is 4.99 Å². The SMILES string of the molecule is CC1=NC2(CCN(C(=O)OCc3ccccc3)CC2)CNc2ccccc21. The van der Waals surface area contributed by atoms with Crippen LogP contribution in [0, 0.1) is 0 Å². The number of hydrogen-bond donors (Lipinski definition) is 1. The molecule has 2 aliphatic rings. The Hall–Kier alpha value is -2.82. The lowest BCUT2D eigenvalue weighted by molar-refractivity contribution is 0.0799. The molecule has 0 radical (unpaired) electrons. The Bertz CT molecular complexity index is 840. The minimum Gasteiger partial charge on any atom is -0.445 e. The van der Waals surface area contributed by atoms with E-state index in [1.165, 1.54) is 5.56 Å². The summed E-state index contributed by atoms with van der Waals surface area (Å²) in [5, 5.41) is 3.56. The molecule has 0 aromatic heterocycles. The van der Waals surface area contributed by atoms with Gasteiger partial charge in [0, 0.05) is 36.6 Å². The zero-order chi connectivity index (χ0) is 18.7. The van der Waals surface area contributed by atoms with Crippen LogP contribution in [-0.2, 0) is 11.3 Å². The molecule has 5 nitrogen and oxygen atoms in total. The fraction of sp³-hybridized carbons (Fsp3) is 0.364. The first kappa shape index (κ1) is 17.6. The van der Waals surface area contributed by atoms with E-state index in [-0.39, 0.29) is 11.6 Å². The van der Waals surface area contributed by atoms with Crippen LogP contribution in [0.5, 0.6) is 0 Å². The number of nitrogens with one attached hydrogen (secondary N) is 1. The van der Waals surface area contributed by atoms with Crippen molar-refractivity contribution in [2.45, 2.75) is 31.9 Å². The van der Waals surface area contributed by atoms with Gasteiger partial charge in [-0.05, 0) is 31.4 Å². The van der Waals surface area contributed by atoms with Gasteiger partial charge in [0.15, 0.2) is 0 Å². The average Bonchev–Trinajstić information content (AvgIpc) is 2.85. The maximum atomic E-state index is 12.4. The number of fused-ring (bicyclic) bond motifs is 1. The first-order valence-corrected chi connectivity index (χ1v) is 9.51. The molecule has 0 unspecified atom stereocenters. The largest absolute Gasteiger partial charge is 0.445 e. The number of carbonyl (C=O) groups excluding carboxylic acids is 1. The molecule has 0 aliphatic carbocycles. The van der Waals surface area contributed by atoms with Crippen LogP contribution in [0.25, 0.3) is 0 Å². The maximum absolute atomic E-state index is 12.4. The number of ether oxygens (including phenoxy) is 1.